The number of amides is 4. The summed E-state index contributed by atoms with van der Waals surface area (Å²) in [6.07, 6.45) is -0.711. The Balaban J connectivity index is 0.00000462. The smallest absolute Gasteiger partial charge is 0.433 e. The number of hydrogen-bond donors (Lipinski definition) is 4. The van der Waals surface area contributed by atoms with E-state index in [-0.39, 0.29) is 44.3 Å². The number of ether oxygens (including phenoxy) is 1. The predicted molar refractivity (Wildman–Crippen MR) is 162 cm³/mol. The zero-order valence-corrected chi connectivity index (χ0v) is 25.3. The van der Waals surface area contributed by atoms with Crippen LogP contribution in [-0.2, 0) is 20.7 Å². The van der Waals surface area contributed by atoms with Gasteiger partial charge >= 0.3 is 17.9 Å². The number of nitrogens with one attached hydrogen (secondary N) is 3. The van der Waals surface area contributed by atoms with Crippen LogP contribution in [-0.4, -0.2) is 64.9 Å². The molecule has 0 aliphatic rings. The summed E-state index contributed by atoms with van der Waals surface area (Å²) in [6, 6.07) is 13.9. The Morgan fingerprint density at radius 1 is 1.02 bits per heavy atom. The molecule has 234 valence electrons. The molecule has 3 rings (SSSR count). The molecule has 4 amide bonds. The second-order valence-corrected chi connectivity index (χ2v) is 9.99. The van der Waals surface area contributed by atoms with Gasteiger partial charge in [0.05, 0.1) is 6.07 Å². The van der Waals surface area contributed by atoms with E-state index in [1.54, 1.807) is 26.8 Å². The molecule has 43 heavy (non-hydrogen) atoms. The zero-order chi connectivity index (χ0) is 30.2. The molecule has 5 N–H and O–H groups in total. The van der Waals surface area contributed by atoms with Gasteiger partial charge in [0, 0.05) is 19.5 Å². The summed E-state index contributed by atoms with van der Waals surface area (Å²) in [5.41, 5.74) is 9.89. The molecule has 0 saturated carbocycles. The van der Waals surface area contributed by atoms with E-state index in [0.717, 1.165) is 33.4 Å². The van der Waals surface area contributed by atoms with E-state index >= 15 is 0 Å². The first-order valence-corrected chi connectivity index (χ1v) is 12.7. The maximum absolute atomic E-state index is 13.2. The first-order valence-electron chi connectivity index (χ1n) is 12.7. The third-order valence-electron chi connectivity index (χ3n) is 5.64. The molecule has 0 bridgehead atoms. The van der Waals surface area contributed by atoms with Crippen molar-refractivity contribution < 1.29 is 33.3 Å². The van der Waals surface area contributed by atoms with Crippen LogP contribution in [0.5, 0.6) is 0 Å². The number of hydrazine groups is 1. The van der Waals surface area contributed by atoms with Gasteiger partial charge in [0.15, 0.2) is 0 Å². The van der Waals surface area contributed by atoms with Crippen LogP contribution >= 0.6 is 24.8 Å². The van der Waals surface area contributed by atoms with Crippen LogP contribution in [0.25, 0.3) is 10.8 Å². The Morgan fingerprint density at radius 2 is 1.70 bits per heavy atom. The number of furan rings is 1. The van der Waals surface area contributed by atoms with Gasteiger partial charge in [0.25, 0.3) is 5.91 Å². The molecular formula is C27H34Cl2N6O8. The van der Waals surface area contributed by atoms with Crippen LogP contribution in [0.15, 0.2) is 59.0 Å². The number of benzene rings is 2. The Labute approximate surface area is 259 Å². The number of hydrogen-bond acceptors (Lipinski definition) is 9. The summed E-state index contributed by atoms with van der Waals surface area (Å²) < 4.78 is 10.2. The van der Waals surface area contributed by atoms with E-state index in [2.05, 4.69) is 16.2 Å². The average molecular weight is 642 g/mol. The van der Waals surface area contributed by atoms with Gasteiger partial charge in [-0.3, -0.25) is 40.2 Å². The molecule has 14 nitrogen and oxygen atoms in total. The molecule has 3 aromatic rings. The van der Waals surface area contributed by atoms with Crippen molar-refractivity contribution in [1.82, 2.24) is 21.1 Å². The predicted octanol–water partition coefficient (Wildman–Crippen LogP) is 2.87. The molecule has 2 aromatic carbocycles. The fourth-order valence-electron chi connectivity index (χ4n) is 3.85. The normalized spacial score (nSPS) is 11.3. The number of carbonyl (C=O) groups is 4. The second kappa shape index (κ2) is 16.3. The van der Waals surface area contributed by atoms with Crippen LogP contribution < -0.4 is 21.9 Å². The van der Waals surface area contributed by atoms with E-state index in [9.17, 15) is 29.3 Å². The summed E-state index contributed by atoms with van der Waals surface area (Å²) in [6.45, 7) is 4.73. The lowest BCUT2D eigenvalue weighted by molar-refractivity contribution is -0.402. The summed E-state index contributed by atoms with van der Waals surface area (Å²) in [7, 11) is 0. The minimum absolute atomic E-state index is 0. The van der Waals surface area contributed by atoms with Gasteiger partial charge in [-0.2, -0.15) is 0 Å². The summed E-state index contributed by atoms with van der Waals surface area (Å²) in [4.78, 5) is 62.3. The molecular weight excluding hydrogens is 607 g/mol. The first-order chi connectivity index (χ1) is 19.4. The van der Waals surface area contributed by atoms with Crippen molar-refractivity contribution in [1.29, 1.82) is 0 Å². The fraction of sp³-hybridized carbons (Fsp3) is 0.333. The minimum atomic E-state index is -1.20. The average Bonchev–Trinajstić information content (AvgIpc) is 3.41. The van der Waals surface area contributed by atoms with Crippen molar-refractivity contribution in [2.75, 3.05) is 19.6 Å². The SMILES string of the molecule is CC(C)(C)OC(=O)N(CCN)CC(=O)NC(Cc1cccc2ccccc12)C(=O)NNC(=O)c1ccc([N+](=O)[O-])o1.Cl.Cl. The number of halogens is 2. The molecule has 1 unspecified atom stereocenters. The highest BCUT2D eigenvalue weighted by Crippen LogP contribution is 2.20. The number of fused-ring (bicyclic) bond motifs is 1. The highest BCUT2D eigenvalue weighted by molar-refractivity contribution is 5.95. The number of nitrogens with zero attached hydrogens (tertiary/aromatic N) is 2. The molecule has 0 fully saturated rings. The molecule has 0 spiro atoms. The van der Waals surface area contributed by atoms with E-state index < -0.39 is 58.6 Å². The highest BCUT2D eigenvalue weighted by Gasteiger charge is 2.27. The third-order valence-corrected chi connectivity index (χ3v) is 5.64. The number of nitro groups is 1. The molecule has 1 aromatic heterocycles. The van der Waals surface area contributed by atoms with Crippen LogP contribution in [0.1, 0.15) is 36.9 Å². The van der Waals surface area contributed by atoms with Crippen LogP contribution in [0.3, 0.4) is 0 Å². The Morgan fingerprint density at radius 3 is 2.33 bits per heavy atom. The standard InChI is InChI=1S/C27H32N6O8.2ClH/c1-27(2,3)41-26(37)32(14-13-28)16-22(34)29-20(15-18-9-6-8-17-7-4-5-10-19(17)18)24(35)30-31-25(36)21-11-12-23(40-21)33(38)39;;/h4-12,20H,13-16,28H2,1-3H3,(H,29,34)(H,30,35)(H,31,36);2*1H. The van der Waals surface area contributed by atoms with E-state index in [1.165, 1.54) is 0 Å². The van der Waals surface area contributed by atoms with Crippen molar-refractivity contribution in [3.8, 4) is 0 Å². The molecule has 1 heterocycles. The number of nitrogens with two attached hydrogens (primary N) is 1. The third kappa shape index (κ3) is 10.7. The zero-order valence-electron chi connectivity index (χ0n) is 23.7. The van der Waals surface area contributed by atoms with E-state index in [4.69, 9.17) is 14.9 Å². The summed E-state index contributed by atoms with van der Waals surface area (Å²) in [5, 5.41) is 15.2. The van der Waals surface area contributed by atoms with Crippen LogP contribution in [0, 0.1) is 10.1 Å². The molecule has 0 saturated heterocycles. The van der Waals surface area contributed by atoms with Gasteiger partial charge < -0.3 is 20.2 Å². The summed E-state index contributed by atoms with van der Waals surface area (Å²) in [5.74, 6) is -3.45. The van der Waals surface area contributed by atoms with Crippen molar-refractivity contribution in [3.05, 3.63) is 76.0 Å². The van der Waals surface area contributed by atoms with Gasteiger partial charge in [-0.25, -0.2) is 4.79 Å². The van der Waals surface area contributed by atoms with Gasteiger partial charge in [-0.05, 0) is 43.2 Å². The van der Waals surface area contributed by atoms with E-state index in [0.29, 0.717) is 0 Å². The lowest BCUT2D eigenvalue weighted by Crippen LogP contribution is -2.55. The first kappa shape index (κ1) is 36.6. The molecule has 1 atom stereocenters. The second-order valence-electron chi connectivity index (χ2n) is 9.99. The molecule has 16 heteroatoms. The lowest BCUT2D eigenvalue weighted by Gasteiger charge is -2.27. The highest BCUT2D eigenvalue weighted by atomic mass is 35.5. The van der Waals surface area contributed by atoms with Crippen molar-refractivity contribution in [2.45, 2.75) is 38.8 Å². The van der Waals surface area contributed by atoms with Crippen molar-refractivity contribution in [2.24, 2.45) is 5.73 Å². The van der Waals surface area contributed by atoms with Gasteiger partial charge in [-0.15, -0.1) is 24.8 Å². The lowest BCUT2D eigenvalue weighted by atomic mass is 9.98. The Bertz CT molecular complexity index is 1440. The van der Waals surface area contributed by atoms with Gasteiger partial charge in [0.2, 0.25) is 11.7 Å². The number of rotatable bonds is 10. The maximum atomic E-state index is 13.2. The molecule has 0 radical (unpaired) electrons. The minimum Gasteiger partial charge on any atom is -0.444 e. The van der Waals surface area contributed by atoms with Crippen LogP contribution in [0.4, 0.5) is 10.7 Å². The number of carbonyl (C=O) groups excluding carboxylic acids is 4. The monoisotopic (exact) mass is 640 g/mol. The fourth-order valence-corrected chi connectivity index (χ4v) is 3.85. The van der Waals surface area contributed by atoms with Gasteiger partial charge in [0.1, 0.15) is 23.1 Å². The topological polar surface area (TPSA) is 199 Å². The maximum Gasteiger partial charge on any atom is 0.433 e. The quantitative estimate of drug-likeness (QED) is 0.190. The molecule has 0 aliphatic carbocycles. The van der Waals surface area contributed by atoms with Crippen molar-refractivity contribution >= 4 is 65.3 Å². The van der Waals surface area contributed by atoms with Crippen LogP contribution in [0.2, 0.25) is 0 Å². The Kier molecular flexibility index (Phi) is 13.9. The largest absolute Gasteiger partial charge is 0.444 e. The van der Waals surface area contributed by atoms with Gasteiger partial charge in [-0.1, -0.05) is 42.5 Å². The van der Waals surface area contributed by atoms with E-state index in [1.807, 2.05) is 36.4 Å². The Hall–Kier alpha value is -4.40. The molecule has 0 aliphatic heterocycles. The van der Waals surface area contributed by atoms with Crippen molar-refractivity contribution in [3.63, 3.8) is 0 Å². The summed E-state index contributed by atoms with van der Waals surface area (Å²) >= 11 is 0.